The first-order valence-corrected chi connectivity index (χ1v) is 9.28. The molecule has 26 heavy (non-hydrogen) atoms. The van der Waals surface area contributed by atoms with E-state index < -0.39 is 0 Å². The van der Waals surface area contributed by atoms with Crippen molar-refractivity contribution in [3.8, 4) is 0 Å². The van der Waals surface area contributed by atoms with Crippen LogP contribution in [0, 0.1) is 13.8 Å². The number of halogens is 1. The Morgan fingerprint density at radius 2 is 1.88 bits per heavy atom. The summed E-state index contributed by atoms with van der Waals surface area (Å²) >= 11 is 1.73. The summed E-state index contributed by atoms with van der Waals surface area (Å²) in [5.74, 6) is 0.783. The smallest absolute Gasteiger partial charge is 0.191 e. The van der Waals surface area contributed by atoms with Gasteiger partial charge in [-0.1, -0.05) is 42.5 Å². The molecular formula is C20H25IN4S. The summed E-state index contributed by atoms with van der Waals surface area (Å²) in [4.78, 5) is 10.2. The van der Waals surface area contributed by atoms with Gasteiger partial charge in [0.25, 0.3) is 0 Å². The van der Waals surface area contributed by atoms with Crippen LogP contribution in [0.4, 0.5) is 0 Å². The van der Waals surface area contributed by atoms with Crippen molar-refractivity contribution in [2.75, 3.05) is 7.05 Å². The van der Waals surface area contributed by atoms with Gasteiger partial charge >= 0.3 is 0 Å². The van der Waals surface area contributed by atoms with Crippen LogP contribution in [0.5, 0.6) is 0 Å². The van der Waals surface area contributed by atoms with Gasteiger partial charge in [-0.15, -0.1) is 35.3 Å². The van der Waals surface area contributed by atoms with Crippen LogP contribution in [0.15, 0.2) is 47.5 Å². The minimum atomic E-state index is 0. The molecule has 2 aromatic carbocycles. The first-order chi connectivity index (χ1) is 12.1. The predicted octanol–water partition coefficient (Wildman–Crippen LogP) is 4.96. The van der Waals surface area contributed by atoms with Crippen LogP contribution in [-0.4, -0.2) is 18.0 Å². The lowest BCUT2D eigenvalue weighted by molar-refractivity contribution is 0.689. The Morgan fingerprint density at radius 3 is 2.58 bits per heavy atom. The fraction of sp³-hybridized carbons (Fsp3) is 0.300. The van der Waals surface area contributed by atoms with Gasteiger partial charge in [0, 0.05) is 11.9 Å². The molecule has 0 aliphatic rings. The lowest BCUT2D eigenvalue weighted by Gasteiger charge is -2.19. The van der Waals surface area contributed by atoms with E-state index in [1.54, 1.807) is 18.4 Å². The summed E-state index contributed by atoms with van der Waals surface area (Å²) in [7, 11) is 1.80. The van der Waals surface area contributed by atoms with Crippen molar-refractivity contribution in [3.05, 3.63) is 63.6 Å². The second-order valence-corrected chi connectivity index (χ2v) is 7.40. The normalized spacial score (nSPS) is 12.5. The number of guanidine groups is 1. The first kappa shape index (κ1) is 20.6. The maximum absolute atomic E-state index is 4.57. The number of aromatic nitrogens is 1. The van der Waals surface area contributed by atoms with Gasteiger partial charge in [0.15, 0.2) is 5.96 Å². The molecular weight excluding hydrogens is 455 g/mol. The molecule has 0 saturated carbocycles. The standard InChI is InChI=1S/C20H24N4S.HI/c1-13-15(3)25-19(23-13)12-22-20(21-4)24-14(2)17-11-7-9-16-8-5-6-10-18(16)17;/h5-11,14H,12H2,1-4H3,(H2,21,22,24);1H. The molecule has 0 bridgehead atoms. The molecule has 2 N–H and O–H groups in total. The fourth-order valence-electron chi connectivity index (χ4n) is 2.88. The van der Waals surface area contributed by atoms with Gasteiger partial charge in [-0.2, -0.15) is 0 Å². The maximum Gasteiger partial charge on any atom is 0.191 e. The Balaban J connectivity index is 0.00000243. The molecule has 0 radical (unpaired) electrons. The average Bonchev–Trinajstić information content (AvgIpc) is 2.95. The summed E-state index contributed by atoms with van der Waals surface area (Å²) < 4.78 is 0. The quantitative estimate of drug-likeness (QED) is 0.316. The number of aryl methyl sites for hydroxylation is 2. The van der Waals surface area contributed by atoms with Gasteiger partial charge in [-0.25, -0.2) is 4.98 Å². The number of nitrogens with zero attached hydrogens (tertiary/aromatic N) is 2. The maximum atomic E-state index is 4.57. The summed E-state index contributed by atoms with van der Waals surface area (Å²) in [5.41, 5.74) is 2.37. The van der Waals surface area contributed by atoms with Crippen LogP contribution in [0.3, 0.4) is 0 Å². The summed E-state index contributed by atoms with van der Waals surface area (Å²) in [6.45, 7) is 6.99. The van der Waals surface area contributed by atoms with E-state index in [0.717, 1.165) is 16.7 Å². The molecule has 138 valence electrons. The van der Waals surface area contributed by atoms with Crippen LogP contribution in [0.2, 0.25) is 0 Å². The van der Waals surface area contributed by atoms with Crippen molar-refractivity contribution in [3.63, 3.8) is 0 Å². The molecule has 4 nitrogen and oxygen atoms in total. The molecule has 1 aromatic heterocycles. The SMILES string of the molecule is CN=C(NCc1nc(C)c(C)s1)NC(C)c1cccc2ccccc12.I. The summed E-state index contributed by atoms with van der Waals surface area (Å²) in [5, 5.41) is 10.4. The third-order valence-corrected chi connectivity index (χ3v) is 5.42. The number of thiazole rings is 1. The molecule has 1 heterocycles. The highest BCUT2D eigenvalue weighted by Gasteiger charge is 2.11. The van der Waals surface area contributed by atoms with Gasteiger partial charge in [-0.3, -0.25) is 4.99 Å². The second-order valence-electron chi connectivity index (χ2n) is 6.11. The van der Waals surface area contributed by atoms with E-state index >= 15 is 0 Å². The van der Waals surface area contributed by atoms with E-state index in [-0.39, 0.29) is 30.0 Å². The molecule has 0 spiro atoms. The molecule has 3 rings (SSSR count). The van der Waals surface area contributed by atoms with Crippen molar-refractivity contribution in [2.45, 2.75) is 33.4 Å². The Morgan fingerprint density at radius 1 is 1.15 bits per heavy atom. The molecule has 0 aliphatic carbocycles. The van der Waals surface area contributed by atoms with Gasteiger partial charge in [0.1, 0.15) is 5.01 Å². The lowest BCUT2D eigenvalue weighted by Crippen LogP contribution is -2.38. The van der Waals surface area contributed by atoms with Crippen LogP contribution >= 0.6 is 35.3 Å². The molecule has 0 fully saturated rings. The minimum absolute atomic E-state index is 0. The van der Waals surface area contributed by atoms with Gasteiger partial charge in [0.2, 0.25) is 0 Å². The number of hydrogen-bond donors (Lipinski definition) is 2. The first-order valence-electron chi connectivity index (χ1n) is 8.46. The number of benzene rings is 2. The molecule has 0 amide bonds. The van der Waals surface area contributed by atoms with E-state index in [4.69, 9.17) is 0 Å². The molecule has 6 heteroatoms. The van der Waals surface area contributed by atoms with Crippen LogP contribution in [0.1, 0.15) is 34.1 Å². The van der Waals surface area contributed by atoms with Crippen molar-refractivity contribution >= 4 is 52.0 Å². The average molecular weight is 480 g/mol. The van der Waals surface area contributed by atoms with Crippen LogP contribution in [-0.2, 0) is 6.54 Å². The Labute approximate surface area is 176 Å². The largest absolute Gasteiger partial charge is 0.350 e. The third-order valence-electron chi connectivity index (χ3n) is 4.35. The topological polar surface area (TPSA) is 49.3 Å². The minimum Gasteiger partial charge on any atom is -0.350 e. The van der Waals surface area contributed by atoms with Crippen molar-refractivity contribution in [1.29, 1.82) is 0 Å². The van der Waals surface area contributed by atoms with E-state index in [0.29, 0.717) is 6.54 Å². The number of aliphatic imine (C=N–C) groups is 1. The monoisotopic (exact) mass is 480 g/mol. The highest BCUT2D eigenvalue weighted by Crippen LogP contribution is 2.24. The molecule has 0 aliphatic heterocycles. The number of rotatable bonds is 4. The number of nitrogens with one attached hydrogen (secondary N) is 2. The van der Waals surface area contributed by atoms with E-state index in [1.807, 2.05) is 6.92 Å². The number of hydrogen-bond acceptors (Lipinski definition) is 3. The molecule has 1 atom stereocenters. The second kappa shape index (κ2) is 9.32. The molecule has 1 unspecified atom stereocenters. The highest BCUT2D eigenvalue weighted by atomic mass is 127. The zero-order valence-electron chi connectivity index (χ0n) is 15.5. The molecule has 0 saturated heterocycles. The highest BCUT2D eigenvalue weighted by molar-refractivity contribution is 14.0. The van der Waals surface area contributed by atoms with E-state index in [9.17, 15) is 0 Å². The Bertz CT molecular complexity index is 879. The van der Waals surface area contributed by atoms with Crippen LogP contribution in [0.25, 0.3) is 10.8 Å². The predicted molar refractivity (Wildman–Crippen MR) is 123 cm³/mol. The third kappa shape index (κ3) is 4.73. The van der Waals surface area contributed by atoms with Gasteiger partial charge < -0.3 is 10.6 Å². The van der Waals surface area contributed by atoms with Crippen molar-refractivity contribution < 1.29 is 0 Å². The molecule has 3 aromatic rings. The van der Waals surface area contributed by atoms with Crippen molar-refractivity contribution in [1.82, 2.24) is 15.6 Å². The summed E-state index contributed by atoms with van der Waals surface area (Å²) in [6.07, 6.45) is 0. The van der Waals surface area contributed by atoms with E-state index in [2.05, 4.69) is 76.9 Å². The zero-order valence-corrected chi connectivity index (χ0v) is 18.7. The van der Waals surface area contributed by atoms with Gasteiger partial charge in [-0.05, 0) is 37.1 Å². The Hall–Kier alpha value is -1.67. The fourth-order valence-corrected chi connectivity index (χ4v) is 3.75. The van der Waals surface area contributed by atoms with Gasteiger partial charge in [0.05, 0.1) is 18.3 Å². The van der Waals surface area contributed by atoms with Crippen LogP contribution < -0.4 is 10.6 Å². The summed E-state index contributed by atoms with van der Waals surface area (Å²) in [6, 6.07) is 15.0. The zero-order chi connectivity index (χ0) is 17.8. The Kier molecular flexibility index (Phi) is 7.40. The van der Waals surface area contributed by atoms with E-state index in [1.165, 1.54) is 21.2 Å². The number of fused-ring (bicyclic) bond motifs is 1. The van der Waals surface area contributed by atoms with Crippen molar-refractivity contribution in [2.24, 2.45) is 4.99 Å². The lowest BCUT2D eigenvalue weighted by atomic mass is 10.00.